The van der Waals surface area contributed by atoms with Gasteiger partial charge in [0.1, 0.15) is 5.75 Å². The van der Waals surface area contributed by atoms with E-state index in [2.05, 4.69) is 50.1 Å². The maximum Gasteiger partial charge on any atom is 0.221 e. The van der Waals surface area contributed by atoms with Crippen molar-refractivity contribution < 1.29 is 13.9 Å². The fraction of sp³-hybridized carbons (Fsp3) is 0.360. The van der Waals surface area contributed by atoms with Gasteiger partial charge in [-0.15, -0.1) is 0 Å². The number of methoxy groups -OCH3 is 1. The molecule has 0 aliphatic rings. The van der Waals surface area contributed by atoms with Crippen molar-refractivity contribution in [3.05, 3.63) is 71.2 Å². The van der Waals surface area contributed by atoms with Gasteiger partial charge in [0.2, 0.25) is 5.91 Å². The number of aromatic nitrogens is 1. The number of benzene rings is 2. The lowest BCUT2D eigenvalue weighted by Crippen LogP contribution is -2.31. The maximum absolute atomic E-state index is 12.6. The molecular weight excluding hydrogens is 376 g/mol. The average Bonchev–Trinajstić information content (AvgIpc) is 3.21. The van der Waals surface area contributed by atoms with Gasteiger partial charge < -0.3 is 14.5 Å². The van der Waals surface area contributed by atoms with Gasteiger partial charge in [0.15, 0.2) is 11.7 Å². The lowest BCUT2D eigenvalue weighted by Gasteiger charge is -2.23. The normalized spacial score (nSPS) is 12.1. The first-order valence-electron chi connectivity index (χ1n) is 10.3. The van der Waals surface area contributed by atoms with E-state index in [1.807, 2.05) is 30.3 Å². The molecule has 0 aliphatic carbocycles. The highest BCUT2D eigenvalue weighted by Gasteiger charge is 2.19. The number of carbonyl (C=O) groups excluding carboxylic acids is 1. The molecule has 0 saturated heterocycles. The molecular formula is C25H30N2O3. The number of carbonyl (C=O) groups is 1. The number of ether oxygens (including phenoxy) is 1. The standard InChI is InChI=1S/C25H30N2O3/c1-16(2)25(19-8-10-21(29-5)11-9-19)27-23(28)12-13-24-26-15-22(30-24)20-7-6-17(3)18(4)14-20/h6-11,14-16,25H,12-13H2,1-5H3,(H,27,28). The Balaban J connectivity index is 1.60. The largest absolute Gasteiger partial charge is 0.497 e. The topological polar surface area (TPSA) is 64.4 Å². The molecule has 5 heteroatoms. The van der Waals surface area contributed by atoms with Gasteiger partial charge in [-0.1, -0.05) is 38.1 Å². The highest BCUT2D eigenvalue weighted by molar-refractivity contribution is 5.76. The molecule has 0 bridgehead atoms. The minimum absolute atomic E-state index is 0.0181. The van der Waals surface area contributed by atoms with Gasteiger partial charge in [0, 0.05) is 18.4 Å². The van der Waals surface area contributed by atoms with E-state index < -0.39 is 0 Å². The molecule has 2 aromatic carbocycles. The van der Waals surface area contributed by atoms with Crippen LogP contribution in [-0.2, 0) is 11.2 Å². The number of nitrogens with one attached hydrogen (secondary N) is 1. The molecule has 30 heavy (non-hydrogen) atoms. The molecule has 1 heterocycles. The predicted molar refractivity (Wildman–Crippen MR) is 118 cm³/mol. The molecule has 158 valence electrons. The Morgan fingerprint density at radius 3 is 2.47 bits per heavy atom. The second-order valence-electron chi connectivity index (χ2n) is 7.98. The Morgan fingerprint density at radius 1 is 1.10 bits per heavy atom. The molecule has 0 saturated carbocycles. The van der Waals surface area contributed by atoms with Crippen molar-refractivity contribution in [3.8, 4) is 17.1 Å². The summed E-state index contributed by atoms with van der Waals surface area (Å²) in [7, 11) is 1.64. The first-order chi connectivity index (χ1) is 14.4. The third kappa shape index (κ3) is 5.29. The molecule has 0 spiro atoms. The van der Waals surface area contributed by atoms with E-state index in [0.29, 0.717) is 18.7 Å². The van der Waals surface area contributed by atoms with Crippen LogP contribution in [0, 0.1) is 19.8 Å². The molecule has 1 N–H and O–H groups in total. The van der Waals surface area contributed by atoms with Crippen molar-refractivity contribution in [2.45, 2.75) is 46.6 Å². The van der Waals surface area contributed by atoms with Crippen LogP contribution in [0.2, 0.25) is 0 Å². The molecule has 0 radical (unpaired) electrons. The second-order valence-corrected chi connectivity index (χ2v) is 7.98. The van der Waals surface area contributed by atoms with Crippen molar-refractivity contribution in [2.24, 2.45) is 5.92 Å². The Labute approximate surface area is 178 Å². The summed E-state index contributed by atoms with van der Waals surface area (Å²) in [6.07, 6.45) is 2.52. The van der Waals surface area contributed by atoms with Gasteiger partial charge in [-0.2, -0.15) is 0 Å². The van der Waals surface area contributed by atoms with Crippen LogP contribution in [0.5, 0.6) is 5.75 Å². The molecule has 1 amide bonds. The van der Waals surface area contributed by atoms with Crippen molar-refractivity contribution in [3.63, 3.8) is 0 Å². The van der Waals surface area contributed by atoms with Crippen molar-refractivity contribution >= 4 is 5.91 Å². The summed E-state index contributed by atoms with van der Waals surface area (Å²) in [6.45, 7) is 8.35. The Hall–Kier alpha value is -3.08. The van der Waals surface area contributed by atoms with Crippen LogP contribution in [-0.4, -0.2) is 18.0 Å². The molecule has 0 aliphatic heterocycles. The van der Waals surface area contributed by atoms with Gasteiger partial charge in [0.25, 0.3) is 0 Å². The Morgan fingerprint density at radius 2 is 1.83 bits per heavy atom. The van der Waals surface area contributed by atoms with E-state index in [1.54, 1.807) is 13.3 Å². The van der Waals surface area contributed by atoms with Crippen molar-refractivity contribution in [1.82, 2.24) is 10.3 Å². The van der Waals surface area contributed by atoms with E-state index in [4.69, 9.17) is 9.15 Å². The van der Waals surface area contributed by atoms with Gasteiger partial charge in [-0.05, 0) is 54.7 Å². The number of oxazole rings is 1. The lowest BCUT2D eigenvalue weighted by atomic mass is 9.95. The number of hydrogen-bond acceptors (Lipinski definition) is 4. The van der Waals surface area contributed by atoms with Crippen LogP contribution in [0.3, 0.4) is 0 Å². The van der Waals surface area contributed by atoms with Crippen LogP contribution in [0.1, 0.15) is 48.9 Å². The van der Waals surface area contributed by atoms with Gasteiger partial charge in [-0.3, -0.25) is 4.79 Å². The summed E-state index contributed by atoms with van der Waals surface area (Å²) in [5, 5.41) is 3.14. The van der Waals surface area contributed by atoms with E-state index >= 15 is 0 Å². The van der Waals surface area contributed by atoms with Crippen molar-refractivity contribution in [1.29, 1.82) is 0 Å². The Bertz CT molecular complexity index is 990. The second kappa shape index (κ2) is 9.61. The molecule has 1 atom stereocenters. The highest BCUT2D eigenvalue weighted by atomic mass is 16.5. The minimum atomic E-state index is -0.0564. The van der Waals surface area contributed by atoms with Crippen molar-refractivity contribution in [2.75, 3.05) is 7.11 Å². The van der Waals surface area contributed by atoms with Gasteiger partial charge >= 0.3 is 0 Å². The zero-order valence-electron chi connectivity index (χ0n) is 18.4. The van der Waals surface area contributed by atoms with Gasteiger partial charge in [-0.25, -0.2) is 4.98 Å². The number of aryl methyl sites for hydroxylation is 3. The van der Waals surface area contributed by atoms with E-state index in [9.17, 15) is 4.79 Å². The first kappa shape index (κ1) is 21.6. The minimum Gasteiger partial charge on any atom is -0.497 e. The fourth-order valence-corrected chi connectivity index (χ4v) is 3.37. The molecule has 5 nitrogen and oxygen atoms in total. The summed E-state index contributed by atoms with van der Waals surface area (Å²) in [6, 6.07) is 14.0. The smallest absolute Gasteiger partial charge is 0.221 e. The first-order valence-corrected chi connectivity index (χ1v) is 10.3. The van der Waals surface area contributed by atoms with Crippen LogP contribution in [0.4, 0.5) is 0 Å². The third-order valence-corrected chi connectivity index (χ3v) is 5.37. The fourth-order valence-electron chi connectivity index (χ4n) is 3.37. The molecule has 3 aromatic rings. The summed E-state index contributed by atoms with van der Waals surface area (Å²) < 4.78 is 11.1. The summed E-state index contributed by atoms with van der Waals surface area (Å²) >= 11 is 0. The van der Waals surface area contributed by atoms with Crippen LogP contribution in [0.25, 0.3) is 11.3 Å². The SMILES string of the molecule is COc1ccc(C(NC(=O)CCc2ncc(-c3ccc(C)c(C)c3)o2)C(C)C)cc1. The lowest BCUT2D eigenvalue weighted by molar-refractivity contribution is -0.122. The van der Waals surface area contributed by atoms with E-state index in [1.165, 1.54) is 11.1 Å². The molecule has 0 fully saturated rings. The zero-order valence-corrected chi connectivity index (χ0v) is 18.4. The molecule has 1 unspecified atom stereocenters. The highest BCUT2D eigenvalue weighted by Crippen LogP contribution is 2.25. The number of amides is 1. The van der Waals surface area contributed by atoms with E-state index in [0.717, 1.165) is 22.6 Å². The quantitative estimate of drug-likeness (QED) is 0.543. The van der Waals surface area contributed by atoms with Gasteiger partial charge in [0.05, 0.1) is 19.3 Å². The number of nitrogens with zero attached hydrogens (tertiary/aromatic N) is 1. The summed E-state index contributed by atoms with van der Waals surface area (Å²) in [5.41, 5.74) is 4.52. The Kier molecular flexibility index (Phi) is 6.93. The number of rotatable bonds is 8. The monoisotopic (exact) mass is 406 g/mol. The molecule has 3 rings (SSSR count). The predicted octanol–water partition coefficient (Wildman–Crippen LogP) is 5.41. The van der Waals surface area contributed by atoms with Crippen LogP contribution >= 0.6 is 0 Å². The summed E-state index contributed by atoms with van der Waals surface area (Å²) in [4.78, 5) is 16.9. The van der Waals surface area contributed by atoms with Crippen LogP contribution < -0.4 is 10.1 Å². The average molecular weight is 407 g/mol. The maximum atomic E-state index is 12.6. The number of hydrogen-bond donors (Lipinski definition) is 1. The summed E-state index contributed by atoms with van der Waals surface area (Å²) in [5.74, 6) is 2.35. The van der Waals surface area contributed by atoms with Crippen LogP contribution in [0.15, 0.2) is 53.1 Å². The van der Waals surface area contributed by atoms with E-state index in [-0.39, 0.29) is 17.9 Å². The molecule has 1 aromatic heterocycles. The zero-order chi connectivity index (χ0) is 21.7. The third-order valence-electron chi connectivity index (χ3n) is 5.37.